The van der Waals surface area contributed by atoms with Crippen LogP contribution < -0.4 is 0 Å². The third-order valence-corrected chi connectivity index (χ3v) is 3.20. The summed E-state index contributed by atoms with van der Waals surface area (Å²) in [4.78, 5) is 2.20. The second-order valence-electron chi connectivity index (χ2n) is 5.37. The first-order valence-corrected chi connectivity index (χ1v) is 6.96. The summed E-state index contributed by atoms with van der Waals surface area (Å²) in [6.07, 6.45) is 1.08. The minimum atomic E-state index is 1.06. The van der Waals surface area contributed by atoms with Gasteiger partial charge in [0.25, 0.3) is 0 Å². The molecule has 2 aromatic carbocycles. The van der Waals surface area contributed by atoms with E-state index >= 15 is 0 Å². The molecule has 0 heterocycles. The zero-order chi connectivity index (χ0) is 14.4. The Hall–Kier alpha value is -2.04. The van der Waals surface area contributed by atoms with E-state index in [0.717, 1.165) is 24.1 Å². The molecule has 0 fully saturated rings. The molecule has 0 aliphatic heterocycles. The molecular weight excluding hydrogens is 242 g/mol. The highest BCUT2D eigenvalue weighted by Gasteiger charge is 1.95. The quantitative estimate of drug-likeness (QED) is 0.766. The van der Waals surface area contributed by atoms with Gasteiger partial charge in [-0.2, -0.15) is 0 Å². The predicted octanol–water partition coefficient (Wildman–Crippen LogP) is 3.50. The van der Waals surface area contributed by atoms with Crippen molar-refractivity contribution in [1.29, 1.82) is 0 Å². The lowest BCUT2D eigenvalue weighted by molar-refractivity contribution is 0.413. The molecule has 2 rings (SSSR count). The van der Waals surface area contributed by atoms with Crippen LogP contribution in [-0.4, -0.2) is 25.5 Å². The zero-order valence-electron chi connectivity index (χ0n) is 12.5. The van der Waals surface area contributed by atoms with Crippen molar-refractivity contribution in [3.63, 3.8) is 0 Å². The molecule has 1 nitrogen and oxygen atoms in total. The van der Waals surface area contributed by atoms with Crippen LogP contribution in [0.3, 0.4) is 0 Å². The normalized spacial score (nSPS) is 10.2. The van der Waals surface area contributed by atoms with Crippen molar-refractivity contribution in [3.05, 3.63) is 70.8 Å². The fourth-order valence-electron chi connectivity index (χ4n) is 1.89. The first kappa shape index (κ1) is 14.4. The molecule has 0 aliphatic carbocycles. The lowest BCUT2D eigenvalue weighted by Crippen LogP contribution is -2.14. The van der Waals surface area contributed by atoms with Gasteiger partial charge in [0.1, 0.15) is 0 Å². The summed E-state index contributed by atoms with van der Waals surface area (Å²) in [6.45, 7) is 3.16. The number of likely N-dealkylation sites (N-methyl/N-ethyl adjacent to an activating group) is 1. The molecule has 20 heavy (non-hydrogen) atoms. The Kier molecular flexibility index (Phi) is 4.98. The van der Waals surface area contributed by atoms with Crippen LogP contribution in [0.2, 0.25) is 0 Å². The first-order chi connectivity index (χ1) is 9.63. The highest BCUT2D eigenvalue weighted by molar-refractivity contribution is 5.43. The Morgan fingerprint density at radius 1 is 0.800 bits per heavy atom. The number of rotatable bonds is 3. The standard InChI is InChI=1S/C19H21N/c1-16-4-6-17(7-5-16)8-9-18-10-12-19(13-11-18)14-15-20(2)3/h4-7,10-13H,14-15H2,1-3H3. The van der Waals surface area contributed by atoms with Crippen LogP contribution >= 0.6 is 0 Å². The molecule has 0 aliphatic rings. The van der Waals surface area contributed by atoms with Crippen molar-refractivity contribution in [3.8, 4) is 11.8 Å². The Morgan fingerprint density at radius 3 is 1.80 bits per heavy atom. The number of aryl methyl sites for hydroxylation is 1. The molecule has 0 aromatic heterocycles. The molecular formula is C19H21N. The van der Waals surface area contributed by atoms with Gasteiger partial charge in [0.05, 0.1) is 0 Å². The van der Waals surface area contributed by atoms with Crippen molar-refractivity contribution in [2.45, 2.75) is 13.3 Å². The molecule has 0 N–H and O–H groups in total. The van der Waals surface area contributed by atoms with E-state index in [9.17, 15) is 0 Å². The summed E-state index contributed by atoms with van der Waals surface area (Å²) in [5.74, 6) is 6.41. The summed E-state index contributed by atoms with van der Waals surface area (Å²) in [5, 5.41) is 0. The highest BCUT2D eigenvalue weighted by atomic mass is 15.0. The van der Waals surface area contributed by atoms with Gasteiger partial charge >= 0.3 is 0 Å². The Morgan fingerprint density at radius 2 is 1.30 bits per heavy atom. The number of benzene rings is 2. The third-order valence-electron chi connectivity index (χ3n) is 3.20. The molecule has 0 bridgehead atoms. The minimum Gasteiger partial charge on any atom is -0.309 e. The van der Waals surface area contributed by atoms with Crippen molar-refractivity contribution < 1.29 is 0 Å². The molecule has 0 spiro atoms. The lowest BCUT2D eigenvalue weighted by atomic mass is 10.1. The maximum atomic E-state index is 3.21. The van der Waals surface area contributed by atoms with Crippen molar-refractivity contribution >= 4 is 0 Å². The van der Waals surface area contributed by atoms with Gasteiger partial charge < -0.3 is 4.90 Å². The topological polar surface area (TPSA) is 3.24 Å². The minimum absolute atomic E-state index is 1.06. The third kappa shape index (κ3) is 4.57. The van der Waals surface area contributed by atoms with Gasteiger partial charge in [-0.1, -0.05) is 41.7 Å². The highest BCUT2D eigenvalue weighted by Crippen LogP contribution is 2.06. The van der Waals surface area contributed by atoms with Gasteiger partial charge in [0.15, 0.2) is 0 Å². The summed E-state index contributed by atoms with van der Waals surface area (Å²) in [5.41, 5.74) is 4.76. The second kappa shape index (κ2) is 6.93. The summed E-state index contributed by atoms with van der Waals surface area (Å²) in [6, 6.07) is 16.9. The van der Waals surface area contributed by atoms with E-state index in [1.165, 1.54) is 11.1 Å². The van der Waals surface area contributed by atoms with Crippen LogP contribution in [-0.2, 0) is 6.42 Å². The van der Waals surface area contributed by atoms with Crippen LogP contribution in [0.15, 0.2) is 48.5 Å². The van der Waals surface area contributed by atoms with Crippen LogP contribution in [0.4, 0.5) is 0 Å². The Balaban J connectivity index is 2.02. The average molecular weight is 263 g/mol. The van der Waals surface area contributed by atoms with Crippen LogP contribution in [0.1, 0.15) is 22.3 Å². The fraction of sp³-hybridized carbons (Fsp3) is 0.263. The molecule has 0 amide bonds. The van der Waals surface area contributed by atoms with E-state index in [4.69, 9.17) is 0 Å². The van der Waals surface area contributed by atoms with Gasteiger partial charge in [-0.25, -0.2) is 0 Å². The monoisotopic (exact) mass is 263 g/mol. The molecule has 0 unspecified atom stereocenters. The fourth-order valence-corrected chi connectivity index (χ4v) is 1.89. The van der Waals surface area contributed by atoms with E-state index in [-0.39, 0.29) is 0 Å². The van der Waals surface area contributed by atoms with E-state index in [1.54, 1.807) is 0 Å². The van der Waals surface area contributed by atoms with Gasteiger partial charge in [-0.15, -0.1) is 0 Å². The summed E-state index contributed by atoms with van der Waals surface area (Å²) in [7, 11) is 4.20. The number of nitrogens with zero attached hydrogens (tertiary/aromatic N) is 1. The lowest BCUT2D eigenvalue weighted by Gasteiger charge is -2.08. The smallest absolute Gasteiger partial charge is 0.0249 e. The molecule has 0 saturated carbocycles. The SMILES string of the molecule is Cc1ccc(C#Cc2ccc(CCN(C)C)cc2)cc1. The summed E-state index contributed by atoms with van der Waals surface area (Å²) >= 11 is 0. The molecule has 0 radical (unpaired) electrons. The second-order valence-corrected chi connectivity index (χ2v) is 5.37. The van der Waals surface area contributed by atoms with E-state index in [1.807, 2.05) is 0 Å². The van der Waals surface area contributed by atoms with Gasteiger partial charge in [-0.3, -0.25) is 0 Å². The predicted molar refractivity (Wildman–Crippen MR) is 85.9 cm³/mol. The van der Waals surface area contributed by atoms with Crippen LogP contribution in [0, 0.1) is 18.8 Å². The van der Waals surface area contributed by atoms with Gasteiger partial charge in [0.2, 0.25) is 0 Å². The Bertz CT molecular complexity index is 595. The van der Waals surface area contributed by atoms with Crippen LogP contribution in [0.25, 0.3) is 0 Å². The number of hydrogen-bond donors (Lipinski definition) is 0. The van der Waals surface area contributed by atoms with E-state index in [0.29, 0.717) is 0 Å². The maximum absolute atomic E-state index is 3.21. The zero-order valence-corrected chi connectivity index (χ0v) is 12.5. The van der Waals surface area contributed by atoms with E-state index < -0.39 is 0 Å². The van der Waals surface area contributed by atoms with Crippen LogP contribution in [0.5, 0.6) is 0 Å². The Labute approximate surface area is 122 Å². The van der Waals surface area contributed by atoms with Crippen molar-refractivity contribution in [2.24, 2.45) is 0 Å². The maximum Gasteiger partial charge on any atom is 0.0249 e. The molecule has 0 atom stereocenters. The summed E-state index contributed by atoms with van der Waals surface area (Å²) < 4.78 is 0. The number of hydrogen-bond acceptors (Lipinski definition) is 1. The molecule has 102 valence electrons. The van der Waals surface area contributed by atoms with Crippen molar-refractivity contribution in [2.75, 3.05) is 20.6 Å². The first-order valence-electron chi connectivity index (χ1n) is 6.96. The largest absolute Gasteiger partial charge is 0.309 e. The molecule has 2 aromatic rings. The van der Waals surface area contributed by atoms with Gasteiger partial charge in [0, 0.05) is 17.7 Å². The molecule has 1 heteroatoms. The molecule has 0 saturated heterocycles. The average Bonchev–Trinajstić information content (AvgIpc) is 2.45. The van der Waals surface area contributed by atoms with Gasteiger partial charge in [-0.05, 0) is 57.3 Å². The van der Waals surface area contributed by atoms with E-state index in [2.05, 4.69) is 86.3 Å². The van der Waals surface area contributed by atoms with Crippen molar-refractivity contribution in [1.82, 2.24) is 4.90 Å².